The Balaban J connectivity index is 2.07. The van der Waals surface area contributed by atoms with Crippen molar-refractivity contribution in [3.05, 3.63) is 71.2 Å². The Morgan fingerprint density at radius 3 is 2.53 bits per heavy atom. The Morgan fingerprint density at radius 2 is 1.88 bits per heavy atom. The van der Waals surface area contributed by atoms with Gasteiger partial charge in [0.2, 0.25) is 0 Å². The molecule has 1 fully saturated rings. The third kappa shape index (κ3) is 9.64. The summed E-state index contributed by atoms with van der Waals surface area (Å²) in [6.45, 7) is 15.4. The van der Waals surface area contributed by atoms with Crippen LogP contribution in [0.2, 0.25) is 0 Å². The topological polar surface area (TPSA) is 72.8 Å². The van der Waals surface area contributed by atoms with Crippen molar-refractivity contribution in [2.24, 2.45) is 0 Å². The Kier molecular flexibility index (Phi) is 10.2. The van der Waals surface area contributed by atoms with Gasteiger partial charge in [-0.3, -0.25) is 4.79 Å². The van der Waals surface area contributed by atoms with E-state index in [1.54, 1.807) is 18.2 Å². The van der Waals surface area contributed by atoms with E-state index < -0.39 is 11.6 Å². The van der Waals surface area contributed by atoms with Gasteiger partial charge in [-0.15, -0.1) is 0 Å². The van der Waals surface area contributed by atoms with Crippen LogP contribution in [-0.4, -0.2) is 28.8 Å². The molecule has 0 spiro atoms. The molecule has 184 valence electrons. The maximum Gasteiger partial charge on any atom is 0.335 e. The maximum atomic E-state index is 12.0. The fourth-order valence-corrected chi connectivity index (χ4v) is 4.49. The molecule has 1 aliphatic rings. The predicted molar refractivity (Wildman–Crippen MR) is 140 cm³/mol. The number of allylic oxidation sites excluding steroid dienone is 4. The normalized spacial score (nSPS) is 18.2. The molecule has 0 amide bonds. The molecule has 34 heavy (non-hydrogen) atoms. The number of thioether (sulfide) groups is 1. The van der Waals surface area contributed by atoms with E-state index in [9.17, 15) is 14.7 Å². The summed E-state index contributed by atoms with van der Waals surface area (Å²) in [5, 5.41) is 9.58. The first kappa shape index (κ1) is 27.5. The molecule has 1 unspecified atom stereocenters. The van der Waals surface area contributed by atoms with E-state index in [0.717, 1.165) is 47.5 Å². The number of benzene rings is 1. The number of aromatic carboxylic acids is 1. The first-order valence-electron chi connectivity index (χ1n) is 11.6. The van der Waals surface area contributed by atoms with Crippen molar-refractivity contribution in [1.82, 2.24) is 0 Å². The number of ether oxygens (including phenoxy) is 2. The number of rotatable bonds is 9. The highest BCUT2D eigenvalue weighted by Crippen LogP contribution is 2.35. The molecule has 2 rings (SSSR count). The number of carboxylic acid groups (broad SMARTS) is 1. The molecule has 0 aliphatic heterocycles. The molecule has 0 aromatic heterocycles. The zero-order valence-electron chi connectivity index (χ0n) is 20.7. The Labute approximate surface area is 207 Å². The van der Waals surface area contributed by atoms with Gasteiger partial charge in [0.15, 0.2) is 0 Å². The van der Waals surface area contributed by atoms with Crippen molar-refractivity contribution in [1.29, 1.82) is 0 Å². The lowest BCUT2D eigenvalue weighted by Crippen LogP contribution is -2.23. The van der Waals surface area contributed by atoms with Crippen molar-refractivity contribution in [3.63, 3.8) is 0 Å². The van der Waals surface area contributed by atoms with Crippen molar-refractivity contribution < 1.29 is 24.2 Å². The average Bonchev–Trinajstić information content (AvgIpc) is 2.96. The number of carbonyl (C=O) groups is 2. The van der Waals surface area contributed by atoms with Gasteiger partial charge < -0.3 is 14.6 Å². The maximum absolute atomic E-state index is 12.0. The molecule has 1 aromatic carbocycles. The fraction of sp³-hybridized carbons (Fsp3) is 0.429. The lowest BCUT2D eigenvalue weighted by atomic mass is 10.1. The van der Waals surface area contributed by atoms with Gasteiger partial charge in [0.05, 0.1) is 18.1 Å². The minimum absolute atomic E-state index is 0.0207. The zero-order chi connectivity index (χ0) is 25.3. The van der Waals surface area contributed by atoms with Gasteiger partial charge >= 0.3 is 11.9 Å². The average molecular weight is 485 g/mol. The van der Waals surface area contributed by atoms with Crippen LogP contribution in [-0.2, 0) is 9.53 Å². The summed E-state index contributed by atoms with van der Waals surface area (Å²) in [5.74, 6) is -0.685. The zero-order valence-corrected chi connectivity index (χ0v) is 21.5. The summed E-state index contributed by atoms with van der Waals surface area (Å²) in [7, 11) is 0. The molecule has 5 nitrogen and oxygen atoms in total. The van der Waals surface area contributed by atoms with Crippen LogP contribution >= 0.6 is 11.8 Å². The van der Waals surface area contributed by atoms with Crippen LogP contribution in [0, 0.1) is 0 Å². The van der Waals surface area contributed by atoms with Crippen LogP contribution in [0.4, 0.5) is 0 Å². The molecule has 0 heterocycles. The van der Waals surface area contributed by atoms with Crippen LogP contribution in [0.1, 0.15) is 82.1 Å². The van der Waals surface area contributed by atoms with Gasteiger partial charge in [0.25, 0.3) is 0 Å². The number of carboxylic acids is 1. The predicted octanol–water partition coefficient (Wildman–Crippen LogP) is 7.55. The van der Waals surface area contributed by atoms with E-state index in [1.807, 2.05) is 45.9 Å². The largest absolute Gasteiger partial charge is 0.490 e. The van der Waals surface area contributed by atoms with E-state index in [0.29, 0.717) is 5.75 Å². The van der Waals surface area contributed by atoms with Gasteiger partial charge in [0, 0.05) is 4.91 Å². The van der Waals surface area contributed by atoms with Gasteiger partial charge in [-0.25, -0.2) is 4.79 Å². The second kappa shape index (κ2) is 12.7. The minimum Gasteiger partial charge on any atom is -0.490 e. The molecule has 1 saturated carbocycles. The number of esters is 1. The molecular formula is C28H36O5S. The molecule has 0 radical (unpaired) electrons. The van der Waals surface area contributed by atoms with E-state index in [-0.39, 0.29) is 24.1 Å². The summed E-state index contributed by atoms with van der Waals surface area (Å²) in [5.41, 5.74) is 1.66. The monoisotopic (exact) mass is 484 g/mol. The lowest BCUT2D eigenvalue weighted by molar-refractivity contribution is -0.153. The van der Waals surface area contributed by atoms with Crippen LogP contribution in [0.15, 0.2) is 60.1 Å². The van der Waals surface area contributed by atoms with Crippen LogP contribution in [0.25, 0.3) is 4.91 Å². The second-order valence-corrected chi connectivity index (χ2v) is 10.8. The standard InChI is InChI=1S/C28H36O5S/c1-7-9-19(2)34-20(3)22-16-23(27(30)31)18-25(17-22)32-24-11-8-10-21(12-14-24)13-15-26(29)33-28(4,5)6/h7,9,13,16-18,24H,1,3,8,10-12,14-15H2,2,4-6H3,(H,30,31)/b19-9-,21-13+. The van der Waals surface area contributed by atoms with Gasteiger partial charge in [-0.1, -0.05) is 48.7 Å². The molecule has 1 N–H and O–H groups in total. The lowest BCUT2D eigenvalue weighted by Gasteiger charge is -2.19. The van der Waals surface area contributed by atoms with Crippen LogP contribution < -0.4 is 4.74 Å². The van der Waals surface area contributed by atoms with E-state index in [1.165, 1.54) is 17.3 Å². The number of hydrogen-bond acceptors (Lipinski definition) is 5. The van der Waals surface area contributed by atoms with Crippen molar-refractivity contribution in [2.75, 3.05) is 0 Å². The van der Waals surface area contributed by atoms with Crippen molar-refractivity contribution in [3.8, 4) is 5.75 Å². The molecule has 1 atom stereocenters. The summed E-state index contributed by atoms with van der Waals surface area (Å²) < 4.78 is 11.6. The fourth-order valence-electron chi connectivity index (χ4n) is 3.70. The smallest absolute Gasteiger partial charge is 0.335 e. The molecule has 0 saturated heterocycles. The van der Waals surface area contributed by atoms with E-state index in [2.05, 4.69) is 13.2 Å². The summed E-state index contributed by atoms with van der Waals surface area (Å²) >= 11 is 1.47. The van der Waals surface area contributed by atoms with Crippen LogP contribution in [0.3, 0.4) is 0 Å². The SMILES string of the molecule is C=C/C=C(/C)SC(=C)c1cc(OC2CCC/C(=C\CC(=O)OC(C)(C)C)CC2)cc(C(=O)O)c1. The highest BCUT2D eigenvalue weighted by Gasteiger charge is 2.19. The first-order chi connectivity index (χ1) is 16.0. The third-order valence-corrected chi connectivity index (χ3v) is 6.14. The Hall–Kier alpha value is -2.73. The van der Waals surface area contributed by atoms with Crippen LogP contribution in [0.5, 0.6) is 5.75 Å². The summed E-state index contributed by atoms with van der Waals surface area (Å²) in [4.78, 5) is 25.5. The molecule has 1 aromatic rings. The van der Waals surface area contributed by atoms with Gasteiger partial charge in [-0.05, 0) is 88.5 Å². The Bertz CT molecular complexity index is 981. The highest BCUT2D eigenvalue weighted by atomic mass is 32.2. The molecule has 6 heteroatoms. The molecular weight excluding hydrogens is 448 g/mol. The van der Waals surface area contributed by atoms with Gasteiger partial charge in [-0.2, -0.15) is 0 Å². The van der Waals surface area contributed by atoms with Crippen molar-refractivity contribution >= 4 is 28.6 Å². The minimum atomic E-state index is -1.00. The Morgan fingerprint density at radius 1 is 1.18 bits per heavy atom. The van der Waals surface area contributed by atoms with E-state index >= 15 is 0 Å². The van der Waals surface area contributed by atoms with Gasteiger partial charge in [0.1, 0.15) is 11.4 Å². The highest BCUT2D eigenvalue weighted by molar-refractivity contribution is 8.11. The summed E-state index contributed by atoms with van der Waals surface area (Å²) in [6, 6.07) is 5.05. The number of carbonyl (C=O) groups excluding carboxylic acids is 1. The first-order valence-corrected chi connectivity index (χ1v) is 12.4. The molecule has 0 bridgehead atoms. The van der Waals surface area contributed by atoms with Crippen molar-refractivity contribution in [2.45, 2.75) is 77.9 Å². The molecule has 1 aliphatic carbocycles. The second-order valence-electron chi connectivity index (χ2n) is 9.41. The summed E-state index contributed by atoms with van der Waals surface area (Å²) in [6.07, 6.45) is 10.2. The van der Waals surface area contributed by atoms with E-state index in [4.69, 9.17) is 9.47 Å². The quantitative estimate of drug-likeness (QED) is 0.169. The third-order valence-electron chi connectivity index (χ3n) is 5.20. The number of hydrogen-bond donors (Lipinski definition) is 1.